The van der Waals surface area contributed by atoms with Gasteiger partial charge in [-0.05, 0) is 103 Å². The number of fused-ring (bicyclic) bond motifs is 3. The topological polar surface area (TPSA) is 3.24 Å². The van der Waals surface area contributed by atoms with Gasteiger partial charge in [0.15, 0.2) is 0 Å². The SMILES string of the molecule is CC12C=CC=CC1=C(c1cc(N(c3ccc(-c4ccccc4)c(-c4cccc5ccccc45)c3)c3cccc4ccccc34)ccc1-c1ccccc1)C=CC2. The molecule has 1 nitrogen and oxygen atoms in total. The summed E-state index contributed by atoms with van der Waals surface area (Å²) in [5.41, 5.74) is 14.4. The van der Waals surface area contributed by atoms with E-state index in [0.717, 1.165) is 23.5 Å². The molecule has 0 saturated carbocycles. The van der Waals surface area contributed by atoms with Gasteiger partial charge in [0.2, 0.25) is 0 Å². The van der Waals surface area contributed by atoms with E-state index in [9.17, 15) is 0 Å². The summed E-state index contributed by atoms with van der Waals surface area (Å²) in [4.78, 5) is 2.47. The lowest BCUT2D eigenvalue weighted by Gasteiger charge is -2.34. The van der Waals surface area contributed by atoms with Crippen molar-refractivity contribution in [3.63, 3.8) is 0 Å². The molecule has 10 rings (SSSR count). The van der Waals surface area contributed by atoms with Crippen molar-refractivity contribution >= 4 is 44.2 Å². The van der Waals surface area contributed by atoms with Gasteiger partial charge in [-0.15, -0.1) is 0 Å². The van der Waals surface area contributed by atoms with Crippen molar-refractivity contribution in [1.82, 2.24) is 0 Å². The van der Waals surface area contributed by atoms with E-state index in [1.165, 1.54) is 71.6 Å². The van der Waals surface area contributed by atoms with E-state index in [1.54, 1.807) is 0 Å². The molecule has 8 aromatic rings. The van der Waals surface area contributed by atoms with Gasteiger partial charge >= 0.3 is 0 Å². The Labute approximate surface area is 329 Å². The largest absolute Gasteiger partial charge is 0.310 e. The van der Waals surface area contributed by atoms with Crippen molar-refractivity contribution in [2.45, 2.75) is 13.3 Å². The van der Waals surface area contributed by atoms with Gasteiger partial charge in [0.25, 0.3) is 0 Å². The fraction of sp³-hybridized carbons (Fsp3) is 0.0545. The minimum absolute atomic E-state index is 0.0568. The highest BCUT2D eigenvalue weighted by Gasteiger charge is 2.31. The summed E-state index contributed by atoms with van der Waals surface area (Å²) in [6.45, 7) is 2.36. The molecule has 1 atom stereocenters. The van der Waals surface area contributed by atoms with Crippen molar-refractivity contribution in [2.24, 2.45) is 5.41 Å². The summed E-state index contributed by atoms with van der Waals surface area (Å²) in [6, 6.07) is 66.5. The maximum absolute atomic E-state index is 2.47. The second kappa shape index (κ2) is 14.0. The van der Waals surface area contributed by atoms with Crippen LogP contribution in [0.4, 0.5) is 17.1 Å². The first-order valence-corrected chi connectivity index (χ1v) is 19.6. The molecule has 0 spiro atoms. The van der Waals surface area contributed by atoms with Gasteiger partial charge in [-0.1, -0.05) is 195 Å². The van der Waals surface area contributed by atoms with Crippen LogP contribution < -0.4 is 4.90 Å². The Bertz CT molecular complexity index is 2880. The second-order valence-electron chi connectivity index (χ2n) is 15.1. The predicted molar refractivity (Wildman–Crippen MR) is 240 cm³/mol. The van der Waals surface area contributed by atoms with E-state index in [-0.39, 0.29) is 5.41 Å². The summed E-state index contributed by atoms with van der Waals surface area (Å²) in [5.74, 6) is 0. The normalized spacial score (nSPS) is 16.0. The molecule has 266 valence electrons. The molecule has 1 heteroatoms. The first kappa shape index (κ1) is 33.6. The van der Waals surface area contributed by atoms with Crippen LogP contribution in [-0.2, 0) is 0 Å². The summed E-state index contributed by atoms with van der Waals surface area (Å²) in [5, 5.41) is 4.89. The molecule has 2 aliphatic carbocycles. The van der Waals surface area contributed by atoms with E-state index >= 15 is 0 Å². The van der Waals surface area contributed by atoms with Crippen LogP contribution in [0.3, 0.4) is 0 Å². The average molecular weight is 716 g/mol. The van der Waals surface area contributed by atoms with Crippen LogP contribution in [0.2, 0.25) is 0 Å². The maximum atomic E-state index is 2.47. The number of hydrogen-bond acceptors (Lipinski definition) is 1. The molecule has 0 aliphatic heterocycles. The van der Waals surface area contributed by atoms with Crippen LogP contribution in [0.5, 0.6) is 0 Å². The molecule has 8 aromatic carbocycles. The van der Waals surface area contributed by atoms with Gasteiger partial charge in [-0.25, -0.2) is 0 Å². The van der Waals surface area contributed by atoms with Crippen LogP contribution in [0.25, 0.3) is 60.5 Å². The van der Waals surface area contributed by atoms with Crippen LogP contribution in [0, 0.1) is 5.41 Å². The van der Waals surface area contributed by atoms with Crippen molar-refractivity contribution < 1.29 is 0 Å². The first-order valence-electron chi connectivity index (χ1n) is 19.6. The van der Waals surface area contributed by atoms with Crippen molar-refractivity contribution in [3.05, 3.63) is 230 Å². The van der Waals surface area contributed by atoms with Crippen LogP contribution in [0.15, 0.2) is 224 Å². The Balaban J connectivity index is 1.26. The maximum Gasteiger partial charge on any atom is 0.0540 e. The molecule has 56 heavy (non-hydrogen) atoms. The summed E-state index contributed by atoms with van der Waals surface area (Å²) in [7, 11) is 0. The number of nitrogens with zero attached hydrogens (tertiary/aromatic N) is 1. The van der Waals surface area contributed by atoms with Crippen molar-refractivity contribution in [1.29, 1.82) is 0 Å². The highest BCUT2D eigenvalue weighted by Crippen LogP contribution is 2.49. The third kappa shape index (κ3) is 5.90. The number of anilines is 3. The molecule has 0 N–H and O–H groups in total. The molecule has 2 aliphatic rings. The molecular weight excluding hydrogens is 675 g/mol. The molecule has 0 aromatic heterocycles. The highest BCUT2D eigenvalue weighted by molar-refractivity contribution is 6.04. The summed E-state index contributed by atoms with van der Waals surface area (Å²) < 4.78 is 0. The average Bonchev–Trinajstić information content (AvgIpc) is 3.26. The molecule has 0 heterocycles. The Morgan fingerprint density at radius 2 is 1.02 bits per heavy atom. The van der Waals surface area contributed by atoms with E-state index < -0.39 is 0 Å². The number of hydrogen-bond donors (Lipinski definition) is 0. The Hall–Kier alpha value is -6.96. The fourth-order valence-electron chi connectivity index (χ4n) is 8.84. The molecule has 1 unspecified atom stereocenters. The van der Waals surface area contributed by atoms with E-state index in [2.05, 4.69) is 230 Å². The van der Waals surface area contributed by atoms with Gasteiger partial charge < -0.3 is 4.90 Å². The van der Waals surface area contributed by atoms with Gasteiger partial charge in [-0.2, -0.15) is 0 Å². The number of rotatable bonds is 7. The van der Waals surface area contributed by atoms with Crippen molar-refractivity contribution in [2.75, 3.05) is 4.90 Å². The molecule has 0 fully saturated rings. The molecule has 0 amide bonds. The molecular formula is C55H41N. The lowest BCUT2D eigenvalue weighted by atomic mass is 9.70. The second-order valence-corrected chi connectivity index (χ2v) is 15.1. The first-order chi connectivity index (χ1) is 27.6. The van der Waals surface area contributed by atoms with Crippen LogP contribution >= 0.6 is 0 Å². The predicted octanol–water partition coefficient (Wildman–Crippen LogP) is 15.3. The summed E-state index contributed by atoms with van der Waals surface area (Å²) >= 11 is 0. The third-order valence-electron chi connectivity index (χ3n) is 11.6. The minimum Gasteiger partial charge on any atom is -0.310 e. The van der Waals surface area contributed by atoms with E-state index in [1.807, 2.05) is 0 Å². The van der Waals surface area contributed by atoms with Gasteiger partial charge in [0.05, 0.1) is 5.69 Å². The Morgan fingerprint density at radius 3 is 1.73 bits per heavy atom. The lowest BCUT2D eigenvalue weighted by molar-refractivity contribution is 0.529. The quantitative estimate of drug-likeness (QED) is 0.159. The zero-order chi connectivity index (χ0) is 37.5. The number of allylic oxidation sites excluding steroid dienone is 8. The summed E-state index contributed by atoms with van der Waals surface area (Å²) in [6.07, 6.45) is 14.8. The van der Waals surface area contributed by atoms with Crippen LogP contribution in [-0.4, -0.2) is 0 Å². The highest BCUT2D eigenvalue weighted by atomic mass is 15.1. The Morgan fingerprint density at radius 1 is 0.446 bits per heavy atom. The minimum atomic E-state index is -0.0568. The molecule has 0 radical (unpaired) electrons. The smallest absolute Gasteiger partial charge is 0.0540 e. The standard InChI is InChI=1S/C55H41N/c1-55-35-13-12-29-53(55)50(28-16-36-55)52-38-44(32-34-47(52)40-19-6-3-7-20-40)56(54-30-15-24-42-22-9-11-26-48(42)54)43-31-33-46(39-17-4-2-5-18-39)51(37-43)49-27-14-23-41-21-8-10-25-45(41)49/h2-35,37-38H,36H2,1H3. The third-order valence-corrected chi connectivity index (χ3v) is 11.6. The van der Waals surface area contributed by atoms with Gasteiger partial charge in [0, 0.05) is 22.2 Å². The monoisotopic (exact) mass is 715 g/mol. The number of benzene rings is 8. The fourth-order valence-corrected chi connectivity index (χ4v) is 8.84. The molecule has 0 bridgehead atoms. The van der Waals surface area contributed by atoms with Gasteiger partial charge in [0.1, 0.15) is 0 Å². The zero-order valence-electron chi connectivity index (χ0n) is 31.4. The van der Waals surface area contributed by atoms with Crippen LogP contribution in [0.1, 0.15) is 18.9 Å². The molecule has 0 saturated heterocycles. The van der Waals surface area contributed by atoms with E-state index in [0.29, 0.717) is 0 Å². The lowest BCUT2D eigenvalue weighted by Crippen LogP contribution is -2.20. The van der Waals surface area contributed by atoms with Gasteiger partial charge in [-0.3, -0.25) is 0 Å². The van der Waals surface area contributed by atoms with E-state index in [4.69, 9.17) is 0 Å². The Kier molecular flexibility index (Phi) is 8.42. The van der Waals surface area contributed by atoms with Crippen molar-refractivity contribution in [3.8, 4) is 33.4 Å². The zero-order valence-corrected chi connectivity index (χ0v) is 31.4.